The maximum atomic E-state index is 12.5. The summed E-state index contributed by atoms with van der Waals surface area (Å²) in [5, 5.41) is 3.37. The Hall–Kier alpha value is -1.82. The van der Waals surface area contributed by atoms with Gasteiger partial charge in [0.15, 0.2) is 5.76 Å². The highest BCUT2D eigenvalue weighted by Gasteiger charge is 2.28. The molecule has 0 spiro atoms. The number of hydrogen-bond donors (Lipinski definition) is 1. The first-order valence-electron chi connectivity index (χ1n) is 8.96. The number of hydrogen-bond acceptors (Lipinski definition) is 4. The number of carbonyl (C=O) groups excluding carboxylic acids is 2. The van der Waals surface area contributed by atoms with Gasteiger partial charge in [-0.1, -0.05) is 6.92 Å². The number of piperazine rings is 1. The van der Waals surface area contributed by atoms with Crippen LogP contribution in [-0.4, -0.2) is 60.9 Å². The van der Waals surface area contributed by atoms with Crippen LogP contribution in [0, 0.1) is 11.8 Å². The average molecular weight is 333 g/mol. The van der Waals surface area contributed by atoms with Gasteiger partial charge in [-0.3, -0.25) is 9.59 Å². The maximum absolute atomic E-state index is 12.5. The molecule has 1 atom stereocenters. The molecule has 6 heteroatoms. The number of nitrogens with zero attached hydrogens (tertiary/aromatic N) is 2. The van der Waals surface area contributed by atoms with Crippen LogP contribution in [-0.2, 0) is 4.79 Å². The van der Waals surface area contributed by atoms with E-state index in [1.807, 2.05) is 4.90 Å². The molecule has 3 heterocycles. The molecule has 1 aromatic rings. The molecule has 132 valence electrons. The van der Waals surface area contributed by atoms with Crippen molar-refractivity contribution in [1.29, 1.82) is 0 Å². The van der Waals surface area contributed by atoms with Crippen LogP contribution in [0.2, 0.25) is 0 Å². The van der Waals surface area contributed by atoms with Crippen molar-refractivity contribution >= 4 is 11.8 Å². The maximum Gasteiger partial charge on any atom is 0.289 e. The Balaban J connectivity index is 1.45. The van der Waals surface area contributed by atoms with E-state index in [1.54, 1.807) is 17.0 Å². The Morgan fingerprint density at radius 2 is 1.88 bits per heavy atom. The first-order chi connectivity index (χ1) is 11.6. The zero-order valence-electron chi connectivity index (χ0n) is 14.4. The SMILES string of the molecule is CC(CC(=O)N1CCN(C(=O)c2ccco2)CC1)C1CCNCC1. The Labute approximate surface area is 143 Å². The third-order valence-electron chi connectivity index (χ3n) is 5.34. The molecular weight excluding hydrogens is 306 g/mol. The normalized spacial score (nSPS) is 20.9. The number of furan rings is 1. The summed E-state index contributed by atoms with van der Waals surface area (Å²) in [4.78, 5) is 28.5. The molecule has 6 nitrogen and oxygen atoms in total. The fraction of sp³-hybridized carbons (Fsp3) is 0.667. The minimum absolute atomic E-state index is 0.0878. The van der Waals surface area contributed by atoms with Crippen molar-refractivity contribution < 1.29 is 14.0 Å². The Bertz CT molecular complexity index is 544. The third kappa shape index (κ3) is 3.98. The molecule has 0 aromatic carbocycles. The first-order valence-corrected chi connectivity index (χ1v) is 8.96. The molecule has 2 aliphatic rings. The molecule has 2 fully saturated rings. The van der Waals surface area contributed by atoms with E-state index in [0.717, 1.165) is 13.1 Å². The van der Waals surface area contributed by atoms with Crippen LogP contribution in [0.5, 0.6) is 0 Å². The van der Waals surface area contributed by atoms with Crippen LogP contribution in [0.25, 0.3) is 0 Å². The number of piperidine rings is 1. The van der Waals surface area contributed by atoms with Crippen LogP contribution >= 0.6 is 0 Å². The topological polar surface area (TPSA) is 65.8 Å². The molecule has 24 heavy (non-hydrogen) atoms. The quantitative estimate of drug-likeness (QED) is 0.909. The minimum Gasteiger partial charge on any atom is -0.459 e. The van der Waals surface area contributed by atoms with Crippen molar-refractivity contribution in [2.75, 3.05) is 39.3 Å². The lowest BCUT2D eigenvalue weighted by Gasteiger charge is -2.35. The zero-order chi connectivity index (χ0) is 16.9. The molecule has 2 saturated heterocycles. The summed E-state index contributed by atoms with van der Waals surface area (Å²) in [6.07, 6.45) is 4.46. The fourth-order valence-electron chi connectivity index (χ4n) is 3.70. The monoisotopic (exact) mass is 333 g/mol. The predicted octanol–water partition coefficient (Wildman–Crippen LogP) is 1.59. The lowest BCUT2D eigenvalue weighted by atomic mass is 9.84. The molecule has 2 amide bonds. The van der Waals surface area contributed by atoms with Gasteiger partial charge in [0.25, 0.3) is 5.91 Å². The van der Waals surface area contributed by atoms with Gasteiger partial charge in [0.2, 0.25) is 5.91 Å². The largest absolute Gasteiger partial charge is 0.459 e. The van der Waals surface area contributed by atoms with E-state index in [2.05, 4.69) is 12.2 Å². The number of amides is 2. The average Bonchev–Trinajstić information content (AvgIpc) is 3.16. The van der Waals surface area contributed by atoms with Crippen LogP contribution in [0.15, 0.2) is 22.8 Å². The van der Waals surface area contributed by atoms with E-state index in [0.29, 0.717) is 50.2 Å². The molecule has 0 radical (unpaired) electrons. The van der Waals surface area contributed by atoms with Gasteiger partial charge in [-0.05, 0) is 49.9 Å². The lowest BCUT2D eigenvalue weighted by molar-refractivity contribution is -0.134. The second-order valence-electron chi connectivity index (χ2n) is 6.92. The first kappa shape index (κ1) is 17.0. The smallest absolute Gasteiger partial charge is 0.289 e. The van der Waals surface area contributed by atoms with Crippen molar-refractivity contribution in [2.24, 2.45) is 11.8 Å². The summed E-state index contributed by atoms with van der Waals surface area (Å²) >= 11 is 0. The van der Waals surface area contributed by atoms with Crippen molar-refractivity contribution in [3.63, 3.8) is 0 Å². The van der Waals surface area contributed by atoms with E-state index in [9.17, 15) is 9.59 Å². The molecule has 1 aromatic heterocycles. The highest BCUT2D eigenvalue weighted by Crippen LogP contribution is 2.25. The summed E-state index contributed by atoms with van der Waals surface area (Å²) < 4.78 is 5.17. The highest BCUT2D eigenvalue weighted by atomic mass is 16.3. The lowest BCUT2D eigenvalue weighted by Crippen LogP contribution is -2.51. The summed E-state index contributed by atoms with van der Waals surface area (Å²) in [5.41, 5.74) is 0. The second kappa shape index (κ2) is 7.83. The minimum atomic E-state index is -0.0878. The molecule has 0 bridgehead atoms. The molecular formula is C18H27N3O3. The van der Waals surface area contributed by atoms with Gasteiger partial charge in [0.1, 0.15) is 0 Å². The van der Waals surface area contributed by atoms with Gasteiger partial charge >= 0.3 is 0 Å². The second-order valence-corrected chi connectivity index (χ2v) is 6.92. The van der Waals surface area contributed by atoms with Gasteiger partial charge in [-0.25, -0.2) is 0 Å². The Morgan fingerprint density at radius 1 is 1.21 bits per heavy atom. The van der Waals surface area contributed by atoms with Gasteiger partial charge < -0.3 is 19.5 Å². The van der Waals surface area contributed by atoms with Crippen molar-refractivity contribution in [2.45, 2.75) is 26.2 Å². The van der Waals surface area contributed by atoms with E-state index < -0.39 is 0 Å². The van der Waals surface area contributed by atoms with Crippen LogP contribution in [0.4, 0.5) is 0 Å². The number of rotatable bonds is 4. The summed E-state index contributed by atoms with van der Waals surface area (Å²) in [6, 6.07) is 3.40. The van der Waals surface area contributed by atoms with Gasteiger partial charge in [0, 0.05) is 32.6 Å². The van der Waals surface area contributed by atoms with Crippen LogP contribution in [0.3, 0.4) is 0 Å². The number of carbonyl (C=O) groups is 2. The molecule has 3 rings (SSSR count). The van der Waals surface area contributed by atoms with Crippen molar-refractivity contribution in [3.8, 4) is 0 Å². The summed E-state index contributed by atoms with van der Waals surface area (Å²) in [7, 11) is 0. The highest BCUT2D eigenvalue weighted by molar-refractivity contribution is 5.91. The van der Waals surface area contributed by atoms with Gasteiger partial charge in [-0.15, -0.1) is 0 Å². The summed E-state index contributed by atoms with van der Waals surface area (Å²) in [5.74, 6) is 1.59. The third-order valence-corrected chi connectivity index (χ3v) is 5.34. The standard InChI is InChI=1S/C18H27N3O3/c1-14(15-4-6-19-7-5-15)13-17(22)20-8-10-21(11-9-20)18(23)16-3-2-12-24-16/h2-3,12,14-15,19H,4-11,13H2,1H3. The van der Waals surface area contributed by atoms with E-state index >= 15 is 0 Å². The van der Waals surface area contributed by atoms with E-state index in [4.69, 9.17) is 4.42 Å². The van der Waals surface area contributed by atoms with Gasteiger partial charge in [0.05, 0.1) is 6.26 Å². The van der Waals surface area contributed by atoms with E-state index in [-0.39, 0.29) is 11.8 Å². The number of nitrogens with one attached hydrogen (secondary N) is 1. The predicted molar refractivity (Wildman–Crippen MR) is 90.6 cm³/mol. The zero-order valence-corrected chi connectivity index (χ0v) is 14.4. The molecule has 0 aliphatic carbocycles. The fourth-order valence-corrected chi connectivity index (χ4v) is 3.70. The molecule has 1 unspecified atom stereocenters. The van der Waals surface area contributed by atoms with E-state index in [1.165, 1.54) is 19.1 Å². The Kier molecular flexibility index (Phi) is 5.56. The van der Waals surface area contributed by atoms with Crippen LogP contribution < -0.4 is 5.32 Å². The Morgan fingerprint density at radius 3 is 2.50 bits per heavy atom. The molecule has 2 aliphatic heterocycles. The molecule has 1 N–H and O–H groups in total. The summed E-state index contributed by atoms with van der Waals surface area (Å²) in [6.45, 7) is 6.71. The van der Waals surface area contributed by atoms with Crippen molar-refractivity contribution in [3.05, 3.63) is 24.2 Å². The molecule has 0 saturated carbocycles. The van der Waals surface area contributed by atoms with Gasteiger partial charge in [-0.2, -0.15) is 0 Å². The van der Waals surface area contributed by atoms with Crippen LogP contribution in [0.1, 0.15) is 36.7 Å². The van der Waals surface area contributed by atoms with Crippen molar-refractivity contribution in [1.82, 2.24) is 15.1 Å².